The summed E-state index contributed by atoms with van der Waals surface area (Å²) in [6.45, 7) is 14.1. The van der Waals surface area contributed by atoms with Gasteiger partial charge in [0, 0.05) is 61.2 Å². The van der Waals surface area contributed by atoms with E-state index in [1.165, 1.54) is 59.4 Å². The van der Waals surface area contributed by atoms with E-state index in [-0.39, 0.29) is 44.5 Å². The van der Waals surface area contributed by atoms with Crippen molar-refractivity contribution in [1.29, 1.82) is 0 Å². The van der Waals surface area contributed by atoms with Crippen molar-refractivity contribution in [1.82, 2.24) is 5.01 Å². The molecule has 6 N–H and O–H groups in total. The van der Waals surface area contributed by atoms with Gasteiger partial charge in [0.05, 0.1) is 79.3 Å². The first-order chi connectivity index (χ1) is 27.3. The van der Waals surface area contributed by atoms with Crippen molar-refractivity contribution in [2.75, 3.05) is 38.7 Å². The number of esters is 1. The van der Waals surface area contributed by atoms with Crippen LogP contribution in [0, 0.1) is 30.6 Å². The Morgan fingerprint density at radius 3 is 2.28 bits per heavy atom. The fourth-order valence-corrected chi connectivity index (χ4v) is 7.68. The van der Waals surface area contributed by atoms with Gasteiger partial charge in [-0.05, 0) is 19.9 Å². The minimum Gasteiger partial charge on any atom is -0.507 e. The highest BCUT2D eigenvalue weighted by molar-refractivity contribution is 6.23. The number of hydrogen-bond donors (Lipinski definition) is 6. The Morgan fingerprint density at radius 2 is 1.64 bits per heavy atom. The number of rotatable bonds is 4. The van der Waals surface area contributed by atoms with Crippen molar-refractivity contribution >= 4 is 40.3 Å². The molecule has 0 aromatic heterocycles. The number of phenols is 3. The number of benzene rings is 2. The van der Waals surface area contributed by atoms with E-state index >= 15 is 0 Å². The van der Waals surface area contributed by atoms with Crippen molar-refractivity contribution < 1.29 is 63.6 Å². The summed E-state index contributed by atoms with van der Waals surface area (Å²) in [4.78, 5) is 40.4. The van der Waals surface area contributed by atoms with Crippen LogP contribution in [0.1, 0.15) is 70.0 Å². The van der Waals surface area contributed by atoms with Crippen molar-refractivity contribution in [3.63, 3.8) is 0 Å². The highest BCUT2D eigenvalue weighted by atomic mass is 16.7. The number of nitrogens with one attached hydrogen (secondary N) is 1. The minimum atomic E-state index is -2.05. The number of anilines is 1. The number of ether oxygens (including phenoxy) is 5. The molecule has 2 aromatic carbocycles. The van der Waals surface area contributed by atoms with E-state index < -0.39 is 88.8 Å². The monoisotopic (exact) mass is 809 g/mol. The molecule has 9 unspecified atom stereocenters. The van der Waals surface area contributed by atoms with Crippen LogP contribution in [-0.4, -0.2) is 118 Å². The first-order valence-corrected chi connectivity index (χ1v) is 19.3. The Kier molecular flexibility index (Phi) is 13.5. The van der Waals surface area contributed by atoms with Gasteiger partial charge in [0.25, 0.3) is 11.7 Å². The molecule has 16 nitrogen and oxygen atoms in total. The highest BCUT2D eigenvalue weighted by Crippen LogP contribution is 2.55. The fourth-order valence-electron chi connectivity index (χ4n) is 7.68. The number of phenolic OH excluding ortho intramolecular Hbond substituents is 3. The lowest BCUT2D eigenvalue weighted by atomic mass is 9.78. The van der Waals surface area contributed by atoms with Crippen LogP contribution in [-0.2, 0) is 28.5 Å². The average Bonchev–Trinajstić information content (AvgIpc) is 3.46. The number of carbonyl (C=O) groups is 3. The number of ketones is 1. The molecule has 1 fully saturated rings. The maximum absolute atomic E-state index is 14.4. The van der Waals surface area contributed by atoms with Gasteiger partial charge in [-0.1, -0.05) is 45.9 Å². The lowest BCUT2D eigenvalue weighted by Crippen LogP contribution is -2.46. The summed E-state index contributed by atoms with van der Waals surface area (Å²) >= 11 is 0. The number of morpholine rings is 1. The predicted octanol–water partition coefficient (Wildman–Crippen LogP) is 4.42. The first kappa shape index (κ1) is 44.0. The lowest BCUT2D eigenvalue weighted by molar-refractivity contribution is -0.160. The number of hydrazone groups is 1. The van der Waals surface area contributed by atoms with E-state index in [9.17, 15) is 39.9 Å². The molecule has 316 valence electrons. The molecule has 1 amide bonds. The van der Waals surface area contributed by atoms with Gasteiger partial charge in [-0.3, -0.25) is 19.4 Å². The number of aliphatic hydroxyl groups is 2. The predicted molar refractivity (Wildman–Crippen MR) is 214 cm³/mol. The quantitative estimate of drug-likeness (QED) is 0.109. The standard InChI is InChI=1S/C42H55N3O13/c1-20-11-10-12-21(2)41(53)44-32-27(19-43-45-14-17-55-18-15-45)36(50)29-30(37(32)51)35(49)25(6)39-31(29)40(52)42(8,58-39)56-16-13-28(54-9)22(3)38(57-26(7)46)24(5)34(48)23(4)33(20)47/h10-13,16,19-20,22-24,28,33-34,38,47-51H,14-15,17-18H2,1-9H3,(H,44,53)/b11-10+,16-13+,21-12?,43-19+. The number of aromatic hydroxyl groups is 3. The SMILES string of the molecule is COC1/C=C/OC2(C)Oc3c(C)c(O)c4c(O)c(c(/C=N/N5CCOCC5)c(O)c4c3C2=O)NC(=O)C(C)=C/C=C/C(C)C(O)C(C)C(O)C(C)C(OC(C)=O)C1C. The summed E-state index contributed by atoms with van der Waals surface area (Å²) in [6.07, 6.45) is 4.76. The number of nitrogens with zero attached hydrogens (tertiary/aromatic N) is 2. The number of methoxy groups -OCH3 is 1. The minimum absolute atomic E-state index is 0.0475. The van der Waals surface area contributed by atoms with Crippen molar-refractivity contribution in [2.24, 2.45) is 28.8 Å². The van der Waals surface area contributed by atoms with Crippen molar-refractivity contribution in [3.05, 3.63) is 52.8 Å². The van der Waals surface area contributed by atoms with Crippen molar-refractivity contribution in [3.8, 4) is 23.0 Å². The van der Waals surface area contributed by atoms with Crippen LogP contribution in [0.3, 0.4) is 0 Å². The molecule has 9 atom stereocenters. The zero-order chi connectivity index (χ0) is 42.8. The van der Waals surface area contributed by atoms with Crippen molar-refractivity contribution in [2.45, 2.75) is 85.6 Å². The number of amides is 1. The van der Waals surface area contributed by atoms with Gasteiger partial charge in [0.15, 0.2) is 5.75 Å². The third-order valence-electron chi connectivity index (χ3n) is 11.4. The molecular formula is C42H55N3O13. The largest absolute Gasteiger partial charge is 0.507 e. The van der Waals surface area contributed by atoms with Gasteiger partial charge in [-0.15, -0.1) is 0 Å². The van der Waals surface area contributed by atoms with Gasteiger partial charge < -0.3 is 54.5 Å². The maximum Gasteiger partial charge on any atom is 0.312 e. The topological polar surface area (TPSA) is 226 Å². The molecule has 6 rings (SSSR count). The van der Waals surface area contributed by atoms with Crippen LogP contribution in [0.4, 0.5) is 5.69 Å². The molecule has 0 radical (unpaired) electrons. The van der Waals surface area contributed by atoms with Crippen LogP contribution >= 0.6 is 0 Å². The van der Waals surface area contributed by atoms with Gasteiger partial charge in [-0.25, -0.2) is 0 Å². The van der Waals surface area contributed by atoms with Gasteiger partial charge >= 0.3 is 11.8 Å². The van der Waals surface area contributed by atoms with Crippen LogP contribution in [0.15, 0.2) is 41.2 Å². The van der Waals surface area contributed by atoms with Crippen LogP contribution < -0.4 is 10.1 Å². The molecule has 4 heterocycles. The van der Waals surface area contributed by atoms with E-state index in [0.29, 0.717) is 26.3 Å². The zero-order valence-corrected chi connectivity index (χ0v) is 34.3. The summed E-state index contributed by atoms with van der Waals surface area (Å²) in [5.41, 5.74) is -0.426. The Hall–Kier alpha value is -5.16. The Labute approximate surface area is 337 Å². The number of carbonyl (C=O) groups excluding carboxylic acids is 3. The summed E-state index contributed by atoms with van der Waals surface area (Å²) < 4.78 is 29.0. The van der Waals surface area contributed by atoms with Crippen LogP contribution in [0.25, 0.3) is 10.8 Å². The van der Waals surface area contributed by atoms with Gasteiger partial charge in [0.1, 0.15) is 23.4 Å². The number of hydrogen-bond acceptors (Lipinski definition) is 15. The average molecular weight is 810 g/mol. The second-order valence-electron chi connectivity index (χ2n) is 15.4. The number of allylic oxidation sites excluding steroid dienone is 2. The molecule has 2 aromatic rings. The van der Waals surface area contributed by atoms with E-state index in [4.69, 9.17) is 23.7 Å². The second-order valence-corrected chi connectivity index (χ2v) is 15.4. The Balaban J connectivity index is 1.71. The third kappa shape index (κ3) is 8.51. The van der Waals surface area contributed by atoms with Crippen LogP contribution in [0.5, 0.6) is 23.0 Å². The Morgan fingerprint density at radius 1 is 0.966 bits per heavy atom. The van der Waals surface area contributed by atoms with E-state index in [1.54, 1.807) is 44.9 Å². The van der Waals surface area contributed by atoms with E-state index in [1.807, 2.05) is 0 Å². The molecule has 0 saturated carbocycles. The van der Waals surface area contributed by atoms with E-state index in [2.05, 4.69) is 10.4 Å². The molecule has 16 heteroatoms. The molecule has 5 bridgehead atoms. The van der Waals surface area contributed by atoms with Gasteiger partial charge in [0.2, 0.25) is 0 Å². The molecule has 4 aliphatic rings. The molecule has 0 aliphatic carbocycles. The maximum atomic E-state index is 14.4. The second kappa shape index (κ2) is 17.8. The number of Topliss-reactive ketones (excluding diaryl/α,β-unsaturated/α-hetero) is 1. The van der Waals surface area contributed by atoms with Crippen LogP contribution in [0.2, 0.25) is 0 Å². The zero-order valence-electron chi connectivity index (χ0n) is 34.3. The fraction of sp³-hybridized carbons (Fsp3) is 0.524. The molecule has 58 heavy (non-hydrogen) atoms. The molecular weight excluding hydrogens is 754 g/mol. The highest BCUT2D eigenvalue weighted by Gasteiger charge is 2.50. The molecule has 1 saturated heterocycles. The Bertz CT molecular complexity index is 2040. The summed E-state index contributed by atoms with van der Waals surface area (Å²) in [5.74, 6) is -8.44. The first-order valence-electron chi connectivity index (χ1n) is 19.3. The molecule has 4 aliphatic heterocycles. The lowest BCUT2D eigenvalue weighted by Gasteiger charge is -2.38. The summed E-state index contributed by atoms with van der Waals surface area (Å²) in [7, 11) is 1.43. The summed E-state index contributed by atoms with van der Waals surface area (Å²) in [5, 5.41) is 66.4. The normalized spacial score (nSPS) is 31.2. The number of aliphatic hydroxyl groups excluding tert-OH is 2. The number of fused-ring (bicyclic) bond motifs is 14. The molecule has 0 spiro atoms. The van der Waals surface area contributed by atoms with Gasteiger partial charge in [-0.2, -0.15) is 5.10 Å². The summed E-state index contributed by atoms with van der Waals surface area (Å²) in [6, 6.07) is 0. The third-order valence-corrected chi connectivity index (χ3v) is 11.4. The smallest absolute Gasteiger partial charge is 0.312 e. The van der Waals surface area contributed by atoms with E-state index in [0.717, 1.165) is 0 Å².